The number of aromatic nitrogens is 1. The first-order chi connectivity index (χ1) is 6.22. The molecule has 0 saturated heterocycles. The van der Waals surface area contributed by atoms with Crippen molar-refractivity contribution in [3.8, 4) is 0 Å². The summed E-state index contributed by atoms with van der Waals surface area (Å²) in [5, 5.41) is 9.34. The van der Waals surface area contributed by atoms with Gasteiger partial charge in [0.15, 0.2) is 0 Å². The van der Waals surface area contributed by atoms with Gasteiger partial charge < -0.3 is 10.8 Å². The van der Waals surface area contributed by atoms with E-state index in [1.165, 1.54) is 0 Å². The molecule has 0 spiro atoms. The van der Waals surface area contributed by atoms with Gasteiger partial charge in [-0.2, -0.15) is 0 Å². The third kappa shape index (κ3) is 3.30. The second-order valence-electron chi connectivity index (χ2n) is 2.19. The average molecular weight is 199 g/mol. The summed E-state index contributed by atoms with van der Waals surface area (Å²) < 4.78 is 2.32. The molecule has 1 aromatic heterocycles. The second-order valence-corrected chi connectivity index (χ2v) is 3.02. The number of aliphatic hydroxyl groups excluding tert-OH is 1. The number of primary amides is 1. The van der Waals surface area contributed by atoms with Crippen LogP contribution in [0.2, 0.25) is 0 Å². The van der Waals surface area contributed by atoms with E-state index in [1.807, 2.05) is 0 Å². The number of hydrogen-bond acceptors (Lipinski definition) is 4. The number of amides is 2. The molecule has 1 rings (SSSR count). The maximum absolute atomic E-state index is 10.3. The van der Waals surface area contributed by atoms with Gasteiger partial charge in [-0.25, -0.2) is 9.78 Å². The molecule has 6 heteroatoms. The van der Waals surface area contributed by atoms with Gasteiger partial charge >= 0.3 is 6.03 Å². The van der Waals surface area contributed by atoms with E-state index in [0.717, 1.165) is 11.9 Å². The first kappa shape index (κ1) is 9.82. The molecule has 0 aliphatic carbocycles. The van der Waals surface area contributed by atoms with Gasteiger partial charge in [-0.05, 0) is 12.1 Å². The number of nitrogens with zero attached hydrogens (tertiary/aromatic N) is 1. The standard InChI is InChI=1S/C7H9N3O2S/c8-7(12)10-13-6-3-1-2-5(4-11)9-6/h1-3,11H,4H2,(H3,8,10,12). The summed E-state index contributed by atoms with van der Waals surface area (Å²) in [5.74, 6) is 0. The van der Waals surface area contributed by atoms with E-state index in [4.69, 9.17) is 10.8 Å². The van der Waals surface area contributed by atoms with Crippen LogP contribution in [0.3, 0.4) is 0 Å². The fraction of sp³-hybridized carbons (Fsp3) is 0.143. The zero-order chi connectivity index (χ0) is 9.68. The average Bonchev–Trinajstić information content (AvgIpc) is 2.15. The molecule has 1 heterocycles. The van der Waals surface area contributed by atoms with Crippen LogP contribution in [-0.2, 0) is 6.61 Å². The highest BCUT2D eigenvalue weighted by molar-refractivity contribution is 7.97. The number of rotatable bonds is 3. The van der Waals surface area contributed by atoms with Crippen molar-refractivity contribution in [1.29, 1.82) is 0 Å². The summed E-state index contributed by atoms with van der Waals surface area (Å²) in [6, 6.07) is 4.51. The maximum Gasteiger partial charge on any atom is 0.322 e. The van der Waals surface area contributed by atoms with E-state index in [0.29, 0.717) is 10.7 Å². The third-order valence-electron chi connectivity index (χ3n) is 1.20. The minimum Gasteiger partial charge on any atom is -0.390 e. The van der Waals surface area contributed by atoms with Gasteiger partial charge in [0, 0.05) is 11.9 Å². The SMILES string of the molecule is NC(=O)NSc1cccc(CO)n1. The monoisotopic (exact) mass is 199 g/mol. The highest BCUT2D eigenvalue weighted by atomic mass is 32.2. The van der Waals surface area contributed by atoms with Crippen molar-refractivity contribution < 1.29 is 9.90 Å². The molecule has 0 aliphatic heterocycles. The van der Waals surface area contributed by atoms with Crippen molar-refractivity contribution >= 4 is 18.0 Å². The lowest BCUT2D eigenvalue weighted by Gasteiger charge is -2.01. The minimum atomic E-state index is -0.624. The van der Waals surface area contributed by atoms with E-state index in [9.17, 15) is 4.79 Å². The highest BCUT2D eigenvalue weighted by Crippen LogP contribution is 2.11. The molecule has 2 amide bonds. The Balaban J connectivity index is 2.61. The normalized spacial score (nSPS) is 9.62. The molecule has 0 fully saturated rings. The Hall–Kier alpha value is -1.27. The largest absolute Gasteiger partial charge is 0.390 e. The first-order valence-corrected chi connectivity index (χ1v) is 4.33. The molecule has 0 saturated carbocycles. The maximum atomic E-state index is 10.3. The topological polar surface area (TPSA) is 88.2 Å². The zero-order valence-electron chi connectivity index (χ0n) is 6.73. The van der Waals surface area contributed by atoms with E-state index in [1.54, 1.807) is 18.2 Å². The molecule has 0 bridgehead atoms. The van der Waals surface area contributed by atoms with Gasteiger partial charge in [-0.1, -0.05) is 6.07 Å². The number of urea groups is 1. The number of hydrogen-bond donors (Lipinski definition) is 3. The van der Waals surface area contributed by atoms with Crippen molar-refractivity contribution in [3.05, 3.63) is 23.9 Å². The number of pyridine rings is 1. The Morgan fingerprint density at radius 2 is 2.46 bits per heavy atom. The van der Waals surface area contributed by atoms with Crippen LogP contribution >= 0.6 is 11.9 Å². The number of nitrogens with one attached hydrogen (secondary N) is 1. The first-order valence-electron chi connectivity index (χ1n) is 3.51. The number of aliphatic hydroxyl groups is 1. The fourth-order valence-corrected chi connectivity index (χ4v) is 1.22. The Kier molecular flexibility index (Phi) is 3.53. The van der Waals surface area contributed by atoms with E-state index in [-0.39, 0.29) is 6.61 Å². The summed E-state index contributed by atoms with van der Waals surface area (Å²) in [5.41, 5.74) is 5.41. The Morgan fingerprint density at radius 1 is 1.69 bits per heavy atom. The van der Waals surface area contributed by atoms with E-state index in [2.05, 4.69) is 9.71 Å². The van der Waals surface area contributed by atoms with E-state index < -0.39 is 6.03 Å². The number of nitrogens with two attached hydrogens (primary N) is 1. The summed E-state index contributed by atoms with van der Waals surface area (Å²) in [6.45, 7) is -0.120. The highest BCUT2D eigenvalue weighted by Gasteiger charge is 1.98. The van der Waals surface area contributed by atoms with Crippen molar-refractivity contribution in [2.75, 3.05) is 0 Å². The van der Waals surface area contributed by atoms with Crippen LogP contribution in [0.4, 0.5) is 4.79 Å². The molecule has 70 valence electrons. The van der Waals surface area contributed by atoms with Gasteiger partial charge in [0.1, 0.15) is 5.03 Å². The van der Waals surface area contributed by atoms with Gasteiger partial charge in [-0.3, -0.25) is 4.72 Å². The second kappa shape index (κ2) is 4.68. The van der Waals surface area contributed by atoms with Crippen molar-refractivity contribution in [3.63, 3.8) is 0 Å². The molecule has 5 nitrogen and oxygen atoms in total. The summed E-state index contributed by atoms with van der Waals surface area (Å²) >= 11 is 1.01. The summed E-state index contributed by atoms with van der Waals surface area (Å²) in [7, 11) is 0. The Labute approximate surface area is 79.5 Å². The van der Waals surface area contributed by atoms with Crippen molar-refractivity contribution in [2.45, 2.75) is 11.6 Å². The Morgan fingerprint density at radius 3 is 3.08 bits per heavy atom. The van der Waals surface area contributed by atoms with Gasteiger partial charge in [-0.15, -0.1) is 0 Å². The van der Waals surface area contributed by atoms with Crippen LogP contribution in [0.5, 0.6) is 0 Å². The molecule has 0 radical (unpaired) electrons. The van der Waals surface area contributed by atoms with Gasteiger partial charge in [0.2, 0.25) is 0 Å². The minimum absolute atomic E-state index is 0.120. The molecular weight excluding hydrogens is 190 g/mol. The molecule has 0 aromatic carbocycles. The van der Waals surface area contributed by atoms with E-state index >= 15 is 0 Å². The summed E-state index contributed by atoms with van der Waals surface area (Å²) in [4.78, 5) is 14.3. The Bertz CT molecular complexity index is 306. The molecule has 13 heavy (non-hydrogen) atoms. The van der Waals surface area contributed by atoms with Crippen LogP contribution in [0, 0.1) is 0 Å². The molecule has 0 atom stereocenters. The smallest absolute Gasteiger partial charge is 0.322 e. The molecular formula is C7H9N3O2S. The number of carbonyl (C=O) groups is 1. The zero-order valence-corrected chi connectivity index (χ0v) is 7.54. The van der Waals surface area contributed by atoms with Gasteiger partial charge in [0.25, 0.3) is 0 Å². The van der Waals surface area contributed by atoms with Crippen molar-refractivity contribution in [2.24, 2.45) is 5.73 Å². The van der Waals surface area contributed by atoms with Crippen molar-refractivity contribution in [1.82, 2.24) is 9.71 Å². The van der Waals surface area contributed by atoms with Crippen LogP contribution in [0.15, 0.2) is 23.2 Å². The predicted octanol–water partition coefficient (Wildman–Crippen LogP) is 0.249. The van der Waals surface area contributed by atoms with Crippen LogP contribution in [-0.4, -0.2) is 16.1 Å². The molecule has 0 aliphatic rings. The van der Waals surface area contributed by atoms with Crippen LogP contribution in [0.1, 0.15) is 5.69 Å². The summed E-state index contributed by atoms with van der Waals surface area (Å²) in [6.07, 6.45) is 0. The third-order valence-corrected chi connectivity index (χ3v) is 1.94. The molecule has 4 N–H and O–H groups in total. The number of carbonyl (C=O) groups excluding carboxylic acids is 1. The van der Waals surface area contributed by atoms with Crippen LogP contribution in [0.25, 0.3) is 0 Å². The fourth-order valence-electron chi connectivity index (χ4n) is 0.705. The lowest BCUT2D eigenvalue weighted by atomic mass is 10.4. The predicted molar refractivity (Wildman–Crippen MR) is 48.7 cm³/mol. The molecule has 0 unspecified atom stereocenters. The quantitative estimate of drug-likeness (QED) is 0.609. The lowest BCUT2D eigenvalue weighted by Crippen LogP contribution is -2.22. The molecule has 1 aromatic rings. The van der Waals surface area contributed by atoms with Crippen LogP contribution < -0.4 is 10.5 Å². The lowest BCUT2D eigenvalue weighted by molar-refractivity contribution is 0.254. The van der Waals surface area contributed by atoms with Gasteiger partial charge in [0.05, 0.1) is 12.3 Å².